The molecular weight excluding hydrogens is 363 g/mol. The average molecular weight is 379 g/mol. The van der Waals surface area contributed by atoms with Crippen molar-refractivity contribution < 1.29 is 14.3 Å². The number of rotatable bonds is 4. The van der Waals surface area contributed by atoms with E-state index in [1.54, 1.807) is 47.4 Å². The summed E-state index contributed by atoms with van der Waals surface area (Å²) in [6.07, 6.45) is 0.125. The summed E-state index contributed by atoms with van der Waals surface area (Å²) in [5.74, 6) is -0.368. The number of amides is 2. The average Bonchev–Trinajstić information content (AvgIpc) is 2.97. The molecule has 5 nitrogen and oxygen atoms in total. The highest BCUT2D eigenvalue weighted by atomic mass is 35.5. The molecule has 2 aromatic carbocycles. The fraction of sp³-hybridized carbons (Fsp3) is 0.222. The Kier molecular flexibility index (Phi) is 5.16. The molecule has 3 rings (SSSR count). The first-order chi connectivity index (χ1) is 12.0. The van der Waals surface area contributed by atoms with Crippen LogP contribution in [0.15, 0.2) is 42.5 Å². The number of anilines is 2. The highest BCUT2D eigenvalue weighted by molar-refractivity contribution is 6.34. The van der Waals surface area contributed by atoms with Crippen molar-refractivity contribution in [2.75, 3.05) is 23.9 Å². The minimum absolute atomic E-state index is 0.125. The Balaban J connectivity index is 1.75. The van der Waals surface area contributed by atoms with E-state index in [1.165, 1.54) is 7.11 Å². The molecule has 1 heterocycles. The van der Waals surface area contributed by atoms with Crippen LogP contribution in [0.2, 0.25) is 10.0 Å². The molecule has 0 aliphatic carbocycles. The summed E-state index contributed by atoms with van der Waals surface area (Å²) in [4.78, 5) is 26.4. The molecule has 0 radical (unpaired) electrons. The number of para-hydroxylation sites is 1. The first-order valence-corrected chi connectivity index (χ1v) is 8.44. The summed E-state index contributed by atoms with van der Waals surface area (Å²) < 4.78 is 5.22. The molecule has 1 aliphatic rings. The largest absolute Gasteiger partial charge is 0.495 e. The second-order valence-corrected chi connectivity index (χ2v) is 6.53. The Hall–Kier alpha value is -2.24. The minimum Gasteiger partial charge on any atom is -0.495 e. The number of methoxy groups -OCH3 is 1. The number of nitrogens with one attached hydrogen (secondary N) is 1. The molecule has 0 aromatic heterocycles. The Morgan fingerprint density at radius 3 is 2.72 bits per heavy atom. The van der Waals surface area contributed by atoms with Crippen molar-refractivity contribution in [3.05, 3.63) is 52.5 Å². The lowest BCUT2D eigenvalue weighted by atomic mass is 10.1. The fourth-order valence-electron chi connectivity index (χ4n) is 2.80. The van der Waals surface area contributed by atoms with Crippen molar-refractivity contribution in [2.45, 2.75) is 6.42 Å². The van der Waals surface area contributed by atoms with Gasteiger partial charge in [-0.1, -0.05) is 35.3 Å². The van der Waals surface area contributed by atoms with Gasteiger partial charge < -0.3 is 15.0 Å². The smallest absolute Gasteiger partial charge is 0.229 e. The molecule has 2 aromatic rings. The van der Waals surface area contributed by atoms with E-state index < -0.39 is 5.92 Å². The quantitative estimate of drug-likeness (QED) is 0.874. The van der Waals surface area contributed by atoms with Crippen molar-refractivity contribution in [2.24, 2.45) is 5.92 Å². The lowest BCUT2D eigenvalue weighted by Crippen LogP contribution is -2.28. The van der Waals surface area contributed by atoms with E-state index in [1.807, 2.05) is 0 Å². The van der Waals surface area contributed by atoms with Crippen LogP contribution in [0, 0.1) is 5.92 Å². The van der Waals surface area contributed by atoms with Crippen LogP contribution in [0.4, 0.5) is 11.4 Å². The van der Waals surface area contributed by atoms with Gasteiger partial charge in [-0.05, 0) is 30.3 Å². The second kappa shape index (κ2) is 7.33. The Morgan fingerprint density at radius 2 is 2.00 bits per heavy atom. The molecule has 2 amide bonds. The number of ether oxygens (including phenoxy) is 1. The van der Waals surface area contributed by atoms with E-state index >= 15 is 0 Å². The van der Waals surface area contributed by atoms with Gasteiger partial charge in [-0.3, -0.25) is 9.59 Å². The second-order valence-electron chi connectivity index (χ2n) is 5.69. The maximum atomic E-state index is 12.6. The highest BCUT2D eigenvalue weighted by Crippen LogP contribution is 2.33. The Morgan fingerprint density at radius 1 is 1.24 bits per heavy atom. The van der Waals surface area contributed by atoms with Gasteiger partial charge in [-0.2, -0.15) is 0 Å². The summed E-state index contributed by atoms with van der Waals surface area (Å²) in [7, 11) is 1.51. The zero-order valence-corrected chi connectivity index (χ0v) is 15.0. The third-order valence-electron chi connectivity index (χ3n) is 4.06. The summed E-state index contributed by atoms with van der Waals surface area (Å²) in [6.45, 7) is 0.275. The molecule has 1 atom stereocenters. The van der Waals surface area contributed by atoms with Crippen molar-refractivity contribution in [1.82, 2.24) is 0 Å². The van der Waals surface area contributed by atoms with E-state index in [9.17, 15) is 9.59 Å². The normalized spacial score (nSPS) is 16.8. The van der Waals surface area contributed by atoms with E-state index in [2.05, 4.69) is 5.32 Å². The monoisotopic (exact) mass is 378 g/mol. The summed E-state index contributed by atoms with van der Waals surface area (Å²) >= 11 is 12.1. The maximum absolute atomic E-state index is 12.6. The molecule has 130 valence electrons. The molecule has 25 heavy (non-hydrogen) atoms. The number of carbonyl (C=O) groups is 2. The van der Waals surface area contributed by atoms with Gasteiger partial charge in [0.2, 0.25) is 11.8 Å². The first-order valence-electron chi connectivity index (χ1n) is 7.69. The van der Waals surface area contributed by atoms with Gasteiger partial charge in [0.1, 0.15) is 5.75 Å². The molecular formula is C18H16Cl2N2O3. The van der Waals surface area contributed by atoms with Crippen LogP contribution in [0.3, 0.4) is 0 Å². The third-order valence-corrected chi connectivity index (χ3v) is 4.61. The van der Waals surface area contributed by atoms with Crippen LogP contribution in [0.5, 0.6) is 5.75 Å². The maximum Gasteiger partial charge on any atom is 0.229 e. The number of nitrogens with zero attached hydrogens (tertiary/aromatic N) is 1. The molecule has 0 unspecified atom stereocenters. The minimum atomic E-state index is -0.479. The number of benzene rings is 2. The summed E-state index contributed by atoms with van der Waals surface area (Å²) in [5, 5.41) is 3.75. The van der Waals surface area contributed by atoms with Crippen molar-refractivity contribution in [3.8, 4) is 5.75 Å². The summed E-state index contributed by atoms with van der Waals surface area (Å²) in [6, 6.07) is 12.0. The van der Waals surface area contributed by atoms with E-state index in [-0.39, 0.29) is 24.8 Å². The van der Waals surface area contributed by atoms with Crippen LogP contribution >= 0.6 is 23.2 Å². The molecule has 1 N–H and O–H groups in total. The standard InChI is InChI=1S/C18H16Cl2N2O3/c1-25-16-7-6-12(19)9-14(16)21-18(24)11-8-17(23)22(10-11)15-5-3-2-4-13(15)20/h2-7,9,11H,8,10H2,1H3,(H,21,24)/t11-/m1/s1. The van der Waals surface area contributed by atoms with Crippen LogP contribution in [0.25, 0.3) is 0 Å². The molecule has 0 saturated carbocycles. The van der Waals surface area contributed by atoms with Crippen LogP contribution in [0.1, 0.15) is 6.42 Å². The van der Waals surface area contributed by atoms with Gasteiger partial charge in [0.15, 0.2) is 0 Å². The van der Waals surface area contributed by atoms with E-state index in [0.717, 1.165) is 0 Å². The third kappa shape index (κ3) is 3.72. The lowest BCUT2D eigenvalue weighted by molar-refractivity contribution is -0.122. The molecule has 7 heteroatoms. The van der Waals surface area contributed by atoms with E-state index in [0.29, 0.717) is 27.2 Å². The molecule has 0 bridgehead atoms. The van der Waals surface area contributed by atoms with Gasteiger partial charge in [-0.15, -0.1) is 0 Å². The number of halogens is 2. The lowest BCUT2D eigenvalue weighted by Gasteiger charge is -2.18. The van der Waals surface area contributed by atoms with Gasteiger partial charge >= 0.3 is 0 Å². The SMILES string of the molecule is COc1ccc(Cl)cc1NC(=O)[C@@H]1CC(=O)N(c2ccccc2Cl)C1. The highest BCUT2D eigenvalue weighted by Gasteiger charge is 2.36. The van der Waals surface area contributed by atoms with Crippen LogP contribution < -0.4 is 15.0 Å². The number of carbonyl (C=O) groups excluding carboxylic acids is 2. The Bertz CT molecular complexity index is 826. The predicted octanol–water partition coefficient (Wildman–Crippen LogP) is 3.99. The van der Waals surface area contributed by atoms with Crippen molar-refractivity contribution in [3.63, 3.8) is 0 Å². The predicted molar refractivity (Wildman–Crippen MR) is 98.5 cm³/mol. The zero-order valence-electron chi connectivity index (χ0n) is 13.5. The molecule has 1 saturated heterocycles. The van der Waals surface area contributed by atoms with Crippen LogP contribution in [-0.4, -0.2) is 25.5 Å². The molecule has 1 aliphatic heterocycles. The Labute approximate surface area is 155 Å². The van der Waals surface area contributed by atoms with Gasteiger partial charge in [0.25, 0.3) is 0 Å². The van der Waals surface area contributed by atoms with Crippen LogP contribution in [-0.2, 0) is 9.59 Å². The molecule has 1 fully saturated rings. The fourth-order valence-corrected chi connectivity index (χ4v) is 3.21. The van der Waals surface area contributed by atoms with Crippen molar-refractivity contribution in [1.29, 1.82) is 0 Å². The van der Waals surface area contributed by atoms with Crippen molar-refractivity contribution >= 4 is 46.4 Å². The number of hydrogen-bond acceptors (Lipinski definition) is 3. The first kappa shape index (κ1) is 17.6. The van der Waals surface area contributed by atoms with Gasteiger partial charge in [0.05, 0.1) is 29.4 Å². The number of hydrogen-bond donors (Lipinski definition) is 1. The van der Waals surface area contributed by atoms with Gasteiger partial charge in [0, 0.05) is 18.0 Å². The van der Waals surface area contributed by atoms with Gasteiger partial charge in [-0.25, -0.2) is 0 Å². The zero-order chi connectivity index (χ0) is 18.0. The van der Waals surface area contributed by atoms with E-state index in [4.69, 9.17) is 27.9 Å². The summed E-state index contributed by atoms with van der Waals surface area (Å²) in [5.41, 5.74) is 1.09. The topological polar surface area (TPSA) is 58.6 Å². The molecule has 0 spiro atoms.